The van der Waals surface area contributed by atoms with Crippen molar-refractivity contribution in [3.63, 3.8) is 0 Å². The topological polar surface area (TPSA) is 18.5 Å². The molecule has 0 aromatic heterocycles. The van der Waals surface area contributed by atoms with Crippen molar-refractivity contribution < 1.29 is 9.47 Å². The third-order valence-corrected chi connectivity index (χ3v) is 2.49. The minimum Gasteiger partial charge on any atom is -0.348 e. The van der Waals surface area contributed by atoms with Crippen molar-refractivity contribution in [3.8, 4) is 0 Å². The van der Waals surface area contributed by atoms with Gasteiger partial charge in [-0.2, -0.15) is 0 Å². The minimum atomic E-state index is -0.0209. The van der Waals surface area contributed by atoms with Crippen LogP contribution in [0.4, 0.5) is 0 Å². The molecule has 0 saturated carbocycles. The van der Waals surface area contributed by atoms with Crippen molar-refractivity contribution in [1.29, 1.82) is 0 Å². The maximum Gasteiger partial charge on any atom is 0.158 e. The summed E-state index contributed by atoms with van der Waals surface area (Å²) in [6.45, 7) is 3.51. The lowest BCUT2D eigenvalue weighted by Crippen LogP contribution is -2.13. The summed E-state index contributed by atoms with van der Waals surface area (Å²) in [6.07, 6.45) is 2.06. The number of hydrogen-bond donors (Lipinski definition) is 0. The molecule has 2 heteroatoms. The molecule has 1 aliphatic rings. The van der Waals surface area contributed by atoms with Crippen LogP contribution >= 0.6 is 0 Å². The van der Waals surface area contributed by atoms with Crippen molar-refractivity contribution in [3.05, 3.63) is 35.4 Å². The molecule has 0 amide bonds. The summed E-state index contributed by atoms with van der Waals surface area (Å²) in [5.41, 5.74) is 2.51. The van der Waals surface area contributed by atoms with Gasteiger partial charge in [-0.1, -0.05) is 37.6 Å². The van der Waals surface area contributed by atoms with Gasteiger partial charge in [-0.15, -0.1) is 0 Å². The van der Waals surface area contributed by atoms with Crippen molar-refractivity contribution in [2.45, 2.75) is 39.3 Å². The van der Waals surface area contributed by atoms with E-state index in [9.17, 15) is 0 Å². The Bertz CT molecular complexity index is 269. The molecule has 0 spiro atoms. The van der Waals surface area contributed by atoms with Gasteiger partial charge in [-0.05, 0) is 17.5 Å². The van der Waals surface area contributed by atoms with Gasteiger partial charge in [-0.3, -0.25) is 0 Å². The molecule has 1 aromatic carbocycles. The zero-order valence-electron chi connectivity index (χ0n) is 8.53. The van der Waals surface area contributed by atoms with E-state index in [-0.39, 0.29) is 6.29 Å². The Morgan fingerprint density at radius 2 is 1.71 bits per heavy atom. The molecule has 76 valence electrons. The number of rotatable bonds is 2. The van der Waals surface area contributed by atoms with Crippen LogP contribution in [-0.4, -0.2) is 6.29 Å². The summed E-state index contributed by atoms with van der Waals surface area (Å²) in [4.78, 5) is 0. The molecule has 0 radical (unpaired) electrons. The van der Waals surface area contributed by atoms with E-state index >= 15 is 0 Å². The zero-order chi connectivity index (χ0) is 9.80. The van der Waals surface area contributed by atoms with Gasteiger partial charge < -0.3 is 9.47 Å². The first-order valence-electron chi connectivity index (χ1n) is 5.20. The summed E-state index contributed by atoms with van der Waals surface area (Å²) in [5, 5.41) is 0. The van der Waals surface area contributed by atoms with Crippen molar-refractivity contribution >= 4 is 0 Å². The molecule has 0 unspecified atom stereocenters. The largest absolute Gasteiger partial charge is 0.348 e. The second-order valence-corrected chi connectivity index (χ2v) is 3.61. The number of ether oxygens (including phenoxy) is 2. The molecule has 0 N–H and O–H groups in total. The Labute approximate surface area is 84.8 Å². The normalized spacial score (nSPS) is 17.5. The highest BCUT2D eigenvalue weighted by Gasteiger charge is 2.15. The molecule has 1 aromatic rings. The Morgan fingerprint density at radius 3 is 2.21 bits per heavy atom. The molecule has 0 aliphatic carbocycles. The number of hydrogen-bond acceptors (Lipinski definition) is 2. The molecular weight excluding hydrogens is 176 g/mol. The van der Waals surface area contributed by atoms with Crippen LogP contribution in [0.15, 0.2) is 24.3 Å². The Morgan fingerprint density at radius 1 is 1.14 bits per heavy atom. The van der Waals surface area contributed by atoms with Gasteiger partial charge in [0.1, 0.15) is 0 Å². The van der Waals surface area contributed by atoms with E-state index in [0.29, 0.717) is 13.2 Å². The average molecular weight is 192 g/mol. The molecule has 0 fully saturated rings. The fourth-order valence-corrected chi connectivity index (χ4v) is 1.66. The lowest BCUT2D eigenvalue weighted by atomic mass is 10.1. The lowest BCUT2D eigenvalue weighted by Gasteiger charge is -2.13. The minimum absolute atomic E-state index is 0.0209. The van der Waals surface area contributed by atoms with Crippen LogP contribution in [0.2, 0.25) is 0 Å². The van der Waals surface area contributed by atoms with Crippen LogP contribution in [0.1, 0.15) is 30.9 Å². The maximum absolute atomic E-state index is 5.65. The summed E-state index contributed by atoms with van der Waals surface area (Å²) in [5.74, 6) is 0. The van der Waals surface area contributed by atoms with Crippen molar-refractivity contribution in [2.75, 3.05) is 0 Å². The van der Waals surface area contributed by atoms with Crippen LogP contribution in [0.25, 0.3) is 0 Å². The Kier molecular flexibility index (Phi) is 3.17. The van der Waals surface area contributed by atoms with Crippen LogP contribution < -0.4 is 0 Å². The third kappa shape index (κ3) is 2.14. The van der Waals surface area contributed by atoms with Crippen LogP contribution in [0.3, 0.4) is 0 Å². The molecule has 0 atom stereocenters. The SMILES string of the molecule is CCCC1OCc2ccccc2CO1. The standard InChI is InChI=1S/C12H16O2/c1-2-5-12-13-8-10-6-3-4-7-11(10)9-14-12/h3-4,6-7,12H,2,5,8-9H2,1H3. The van der Waals surface area contributed by atoms with E-state index < -0.39 is 0 Å². The first-order valence-corrected chi connectivity index (χ1v) is 5.20. The zero-order valence-corrected chi connectivity index (χ0v) is 8.53. The molecular formula is C12H16O2. The average Bonchev–Trinajstić information content (AvgIpc) is 2.42. The Hall–Kier alpha value is -0.860. The van der Waals surface area contributed by atoms with E-state index in [2.05, 4.69) is 19.1 Å². The summed E-state index contributed by atoms with van der Waals surface area (Å²) >= 11 is 0. The highest BCUT2D eigenvalue weighted by molar-refractivity contribution is 5.26. The molecule has 1 aliphatic heterocycles. The van der Waals surface area contributed by atoms with Crippen molar-refractivity contribution in [1.82, 2.24) is 0 Å². The van der Waals surface area contributed by atoms with Gasteiger partial charge in [0.15, 0.2) is 6.29 Å². The van der Waals surface area contributed by atoms with Gasteiger partial charge >= 0.3 is 0 Å². The lowest BCUT2D eigenvalue weighted by molar-refractivity contribution is -0.152. The first kappa shape index (κ1) is 9.69. The highest BCUT2D eigenvalue weighted by atomic mass is 16.7. The summed E-state index contributed by atoms with van der Waals surface area (Å²) in [6, 6.07) is 8.30. The summed E-state index contributed by atoms with van der Waals surface area (Å²) in [7, 11) is 0. The van der Waals surface area contributed by atoms with E-state index in [4.69, 9.17) is 9.47 Å². The first-order chi connectivity index (χ1) is 6.90. The van der Waals surface area contributed by atoms with Gasteiger partial charge in [0, 0.05) is 0 Å². The van der Waals surface area contributed by atoms with E-state index in [1.165, 1.54) is 11.1 Å². The van der Waals surface area contributed by atoms with E-state index in [0.717, 1.165) is 12.8 Å². The van der Waals surface area contributed by atoms with Gasteiger partial charge in [-0.25, -0.2) is 0 Å². The quantitative estimate of drug-likeness (QED) is 0.717. The maximum atomic E-state index is 5.65. The monoisotopic (exact) mass is 192 g/mol. The van der Waals surface area contributed by atoms with Gasteiger partial charge in [0.05, 0.1) is 13.2 Å². The van der Waals surface area contributed by atoms with Crippen LogP contribution in [0, 0.1) is 0 Å². The molecule has 0 saturated heterocycles. The third-order valence-electron chi connectivity index (χ3n) is 2.49. The summed E-state index contributed by atoms with van der Waals surface area (Å²) < 4.78 is 11.3. The molecule has 2 rings (SSSR count). The predicted molar refractivity (Wildman–Crippen MR) is 54.7 cm³/mol. The fourth-order valence-electron chi connectivity index (χ4n) is 1.66. The van der Waals surface area contributed by atoms with Crippen LogP contribution in [-0.2, 0) is 22.7 Å². The highest BCUT2D eigenvalue weighted by Crippen LogP contribution is 2.19. The van der Waals surface area contributed by atoms with E-state index in [1.807, 2.05) is 12.1 Å². The van der Waals surface area contributed by atoms with E-state index in [1.54, 1.807) is 0 Å². The number of benzene rings is 1. The smallest absolute Gasteiger partial charge is 0.158 e. The van der Waals surface area contributed by atoms with Crippen molar-refractivity contribution in [2.24, 2.45) is 0 Å². The molecule has 2 nitrogen and oxygen atoms in total. The van der Waals surface area contributed by atoms with Gasteiger partial charge in [0.25, 0.3) is 0 Å². The number of fused-ring (bicyclic) bond motifs is 1. The second-order valence-electron chi connectivity index (χ2n) is 3.61. The Balaban J connectivity index is 2.06. The molecule has 0 bridgehead atoms. The molecule has 14 heavy (non-hydrogen) atoms. The van der Waals surface area contributed by atoms with Gasteiger partial charge in [0.2, 0.25) is 0 Å². The molecule has 1 heterocycles. The van der Waals surface area contributed by atoms with Crippen LogP contribution in [0.5, 0.6) is 0 Å². The second kappa shape index (κ2) is 4.58. The predicted octanol–water partition coefficient (Wildman–Crippen LogP) is 2.86. The fraction of sp³-hybridized carbons (Fsp3) is 0.500.